The number of ether oxygens (including phenoxy) is 1. The number of benzene rings is 1. The van der Waals surface area contributed by atoms with Gasteiger partial charge in [0, 0.05) is 12.1 Å². The van der Waals surface area contributed by atoms with Gasteiger partial charge in [-0.3, -0.25) is 4.79 Å². The first-order valence-electron chi connectivity index (χ1n) is 6.45. The van der Waals surface area contributed by atoms with E-state index in [0.717, 1.165) is 12.8 Å². The molecular formula is C14H17NO5. The van der Waals surface area contributed by atoms with Crippen LogP contribution in [0.15, 0.2) is 18.2 Å². The van der Waals surface area contributed by atoms with Gasteiger partial charge in [-0.05, 0) is 37.5 Å². The van der Waals surface area contributed by atoms with Gasteiger partial charge in [-0.25, -0.2) is 4.79 Å². The van der Waals surface area contributed by atoms with Crippen molar-refractivity contribution in [3.63, 3.8) is 0 Å². The van der Waals surface area contributed by atoms with Crippen LogP contribution in [0.3, 0.4) is 0 Å². The molecule has 108 valence electrons. The van der Waals surface area contributed by atoms with Gasteiger partial charge in [-0.1, -0.05) is 0 Å². The SMILES string of the molecule is COc1ccc(C(=O)N2CCCC[C@@H]2C(=O)O)cc1O. The van der Waals surface area contributed by atoms with E-state index in [0.29, 0.717) is 13.0 Å². The van der Waals surface area contributed by atoms with Crippen molar-refractivity contribution in [3.8, 4) is 11.5 Å². The quantitative estimate of drug-likeness (QED) is 0.875. The maximum Gasteiger partial charge on any atom is 0.326 e. The predicted octanol–water partition coefficient (Wildman–Crippen LogP) is 1.48. The van der Waals surface area contributed by atoms with Gasteiger partial charge in [-0.15, -0.1) is 0 Å². The van der Waals surface area contributed by atoms with Crippen LogP contribution in [-0.4, -0.2) is 46.7 Å². The van der Waals surface area contributed by atoms with Crippen molar-refractivity contribution < 1.29 is 24.5 Å². The van der Waals surface area contributed by atoms with E-state index in [1.165, 1.54) is 30.2 Å². The van der Waals surface area contributed by atoms with Gasteiger partial charge in [0.2, 0.25) is 0 Å². The summed E-state index contributed by atoms with van der Waals surface area (Å²) < 4.78 is 4.92. The van der Waals surface area contributed by atoms with Crippen LogP contribution in [0, 0.1) is 0 Å². The lowest BCUT2D eigenvalue weighted by atomic mass is 10.0. The molecule has 0 spiro atoms. The Bertz CT molecular complexity index is 528. The third kappa shape index (κ3) is 2.68. The largest absolute Gasteiger partial charge is 0.504 e. The molecular weight excluding hydrogens is 262 g/mol. The maximum atomic E-state index is 12.4. The Hall–Kier alpha value is -2.24. The molecule has 1 heterocycles. The molecule has 0 saturated carbocycles. The predicted molar refractivity (Wildman–Crippen MR) is 71.0 cm³/mol. The molecule has 1 aromatic carbocycles. The van der Waals surface area contributed by atoms with E-state index >= 15 is 0 Å². The fourth-order valence-corrected chi connectivity index (χ4v) is 2.42. The normalized spacial score (nSPS) is 18.6. The number of piperidine rings is 1. The summed E-state index contributed by atoms with van der Waals surface area (Å²) in [6.07, 6.45) is 2.05. The van der Waals surface area contributed by atoms with Crippen molar-refractivity contribution in [1.82, 2.24) is 4.90 Å². The van der Waals surface area contributed by atoms with Crippen LogP contribution in [0.25, 0.3) is 0 Å². The van der Waals surface area contributed by atoms with Gasteiger partial charge in [0.1, 0.15) is 6.04 Å². The smallest absolute Gasteiger partial charge is 0.326 e. The first-order chi connectivity index (χ1) is 9.54. The van der Waals surface area contributed by atoms with E-state index < -0.39 is 12.0 Å². The van der Waals surface area contributed by atoms with Gasteiger partial charge < -0.3 is 19.8 Å². The Kier molecular flexibility index (Phi) is 4.12. The van der Waals surface area contributed by atoms with Crippen molar-refractivity contribution in [2.75, 3.05) is 13.7 Å². The Balaban J connectivity index is 2.25. The number of aliphatic carboxylic acids is 1. The molecule has 2 rings (SSSR count). The zero-order valence-electron chi connectivity index (χ0n) is 11.2. The maximum absolute atomic E-state index is 12.4. The number of carbonyl (C=O) groups excluding carboxylic acids is 1. The van der Waals surface area contributed by atoms with E-state index in [1.54, 1.807) is 0 Å². The average Bonchev–Trinajstić information content (AvgIpc) is 2.46. The summed E-state index contributed by atoms with van der Waals surface area (Å²) >= 11 is 0. The highest BCUT2D eigenvalue weighted by molar-refractivity contribution is 5.97. The monoisotopic (exact) mass is 279 g/mol. The van der Waals surface area contributed by atoms with E-state index in [1.807, 2.05) is 0 Å². The lowest BCUT2D eigenvalue weighted by Crippen LogP contribution is -2.47. The molecule has 0 aromatic heterocycles. The fourth-order valence-electron chi connectivity index (χ4n) is 2.42. The van der Waals surface area contributed by atoms with E-state index in [4.69, 9.17) is 4.74 Å². The van der Waals surface area contributed by atoms with Gasteiger partial charge in [0.15, 0.2) is 11.5 Å². The van der Waals surface area contributed by atoms with Crippen LogP contribution in [0.2, 0.25) is 0 Å². The molecule has 6 nitrogen and oxygen atoms in total. The number of carboxylic acids is 1. The Morgan fingerprint density at radius 1 is 1.35 bits per heavy atom. The molecule has 0 aliphatic carbocycles. The summed E-state index contributed by atoms with van der Waals surface area (Å²) in [5.74, 6) is -1.23. The summed E-state index contributed by atoms with van der Waals surface area (Å²) in [6.45, 7) is 0.419. The number of methoxy groups -OCH3 is 1. The third-order valence-corrected chi connectivity index (χ3v) is 3.47. The van der Waals surface area contributed by atoms with E-state index in [2.05, 4.69) is 0 Å². The number of carboxylic acid groups (broad SMARTS) is 1. The zero-order chi connectivity index (χ0) is 14.7. The molecule has 1 amide bonds. The Morgan fingerprint density at radius 2 is 2.10 bits per heavy atom. The molecule has 1 atom stereocenters. The number of rotatable bonds is 3. The van der Waals surface area contributed by atoms with Crippen LogP contribution in [0.4, 0.5) is 0 Å². The molecule has 20 heavy (non-hydrogen) atoms. The minimum Gasteiger partial charge on any atom is -0.504 e. The lowest BCUT2D eigenvalue weighted by Gasteiger charge is -2.33. The van der Waals surface area contributed by atoms with Crippen LogP contribution in [0.5, 0.6) is 11.5 Å². The third-order valence-electron chi connectivity index (χ3n) is 3.47. The number of nitrogens with zero attached hydrogens (tertiary/aromatic N) is 1. The summed E-state index contributed by atoms with van der Waals surface area (Å²) in [4.78, 5) is 24.9. The fraction of sp³-hybridized carbons (Fsp3) is 0.429. The number of phenolic OH excluding ortho intramolecular Hbond substituents is 1. The number of likely N-dealkylation sites (tertiary alicyclic amines) is 1. The molecule has 0 radical (unpaired) electrons. The minimum atomic E-state index is -0.990. The van der Waals surface area contributed by atoms with Crippen molar-refractivity contribution in [3.05, 3.63) is 23.8 Å². The number of hydrogen-bond donors (Lipinski definition) is 2. The standard InChI is InChI=1S/C14H17NO5/c1-20-12-6-5-9(8-11(12)16)13(17)15-7-3-2-4-10(15)14(18)19/h5-6,8,10,16H,2-4,7H2,1H3,(H,18,19)/t10-/m1/s1. The highest BCUT2D eigenvalue weighted by Crippen LogP contribution is 2.28. The summed E-state index contributed by atoms with van der Waals surface area (Å²) in [7, 11) is 1.42. The zero-order valence-corrected chi connectivity index (χ0v) is 11.2. The highest BCUT2D eigenvalue weighted by Gasteiger charge is 2.32. The number of hydrogen-bond acceptors (Lipinski definition) is 4. The van der Waals surface area contributed by atoms with Gasteiger partial charge in [-0.2, -0.15) is 0 Å². The van der Waals surface area contributed by atoms with Crippen LogP contribution < -0.4 is 4.74 Å². The van der Waals surface area contributed by atoms with E-state index in [-0.39, 0.29) is 23.0 Å². The Labute approximate surface area is 116 Å². The summed E-state index contributed by atoms with van der Waals surface area (Å²) in [6, 6.07) is 3.52. The molecule has 1 saturated heterocycles. The highest BCUT2D eigenvalue weighted by atomic mass is 16.5. The Morgan fingerprint density at radius 3 is 2.70 bits per heavy atom. The number of amides is 1. The minimum absolute atomic E-state index is 0.137. The first kappa shape index (κ1) is 14.2. The van der Waals surface area contributed by atoms with E-state index in [9.17, 15) is 19.8 Å². The lowest BCUT2D eigenvalue weighted by molar-refractivity contribution is -0.143. The van der Waals surface area contributed by atoms with Crippen molar-refractivity contribution in [1.29, 1.82) is 0 Å². The molecule has 1 fully saturated rings. The van der Waals surface area contributed by atoms with Crippen molar-refractivity contribution in [2.24, 2.45) is 0 Å². The first-order valence-corrected chi connectivity index (χ1v) is 6.45. The van der Waals surface area contributed by atoms with Crippen LogP contribution >= 0.6 is 0 Å². The number of carbonyl (C=O) groups is 2. The van der Waals surface area contributed by atoms with Crippen molar-refractivity contribution in [2.45, 2.75) is 25.3 Å². The van der Waals surface area contributed by atoms with Crippen LogP contribution in [0.1, 0.15) is 29.6 Å². The molecule has 1 aliphatic rings. The van der Waals surface area contributed by atoms with Gasteiger partial charge in [0.05, 0.1) is 7.11 Å². The molecule has 1 aliphatic heterocycles. The number of aromatic hydroxyl groups is 1. The molecule has 6 heteroatoms. The molecule has 0 unspecified atom stereocenters. The van der Waals surface area contributed by atoms with Gasteiger partial charge in [0.25, 0.3) is 5.91 Å². The van der Waals surface area contributed by atoms with Crippen molar-refractivity contribution >= 4 is 11.9 Å². The second-order valence-electron chi connectivity index (χ2n) is 4.73. The topological polar surface area (TPSA) is 87.1 Å². The molecule has 2 N–H and O–H groups in total. The second kappa shape index (κ2) is 5.81. The molecule has 1 aromatic rings. The summed E-state index contributed by atoms with van der Waals surface area (Å²) in [5, 5.41) is 18.9. The van der Waals surface area contributed by atoms with Crippen LogP contribution in [-0.2, 0) is 4.79 Å². The average molecular weight is 279 g/mol. The summed E-state index contributed by atoms with van der Waals surface area (Å²) in [5.41, 5.74) is 0.261. The second-order valence-corrected chi connectivity index (χ2v) is 4.73. The van der Waals surface area contributed by atoms with Gasteiger partial charge >= 0.3 is 5.97 Å². The molecule has 0 bridgehead atoms. The number of phenols is 1.